The summed E-state index contributed by atoms with van der Waals surface area (Å²) in [5.74, 6) is 1.82. The molecule has 4 aromatic heterocycles. The topological polar surface area (TPSA) is 56.7 Å². The number of benzene rings is 8. The van der Waals surface area contributed by atoms with Crippen LogP contribution in [0.2, 0.25) is 0 Å². The van der Waals surface area contributed by atoms with Crippen LogP contribution >= 0.6 is 11.3 Å². The molecule has 256 valence electrons. The highest BCUT2D eigenvalue weighted by Crippen LogP contribution is 2.47. The maximum Gasteiger partial charge on any atom is 0.164 e. The summed E-state index contributed by atoms with van der Waals surface area (Å²) in [6, 6.07) is 59.5. The lowest BCUT2D eigenvalue weighted by Crippen LogP contribution is -2.01. The van der Waals surface area contributed by atoms with Crippen LogP contribution < -0.4 is 0 Å². The Kier molecular flexibility index (Phi) is 6.44. The summed E-state index contributed by atoms with van der Waals surface area (Å²) in [7, 11) is 0. The lowest BCUT2D eigenvalue weighted by Gasteiger charge is -2.14. The predicted octanol–water partition coefficient (Wildman–Crippen LogP) is 13.4. The Morgan fingerprint density at radius 2 is 1.05 bits per heavy atom. The standard InChI is InChI=1S/C49H28N4OS/c1-3-13-29(14-4-1)47-50-48(30-23-24-33-32-17-8-11-21-41(32)54-42(33)27-30)52-49(51-47)38-28-40-44(37-19-7-10-20-39(37)53(40)31-15-5-2-6-16-31)45-35(38)25-26-36-34-18-9-12-22-43(34)55-46(36)45/h1-28H. The van der Waals surface area contributed by atoms with Gasteiger partial charge in [0.05, 0.1) is 11.0 Å². The quantitative estimate of drug-likeness (QED) is 0.182. The van der Waals surface area contributed by atoms with Crippen molar-refractivity contribution < 1.29 is 4.42 Å². The van der Waals surface area contributed by atoms with Crippen LogP contribution in [0.5, 0.6) is 0 Å². The first kappa shape index (κ1) is 30.3. The van der Waals surface area contributed by atoms with Crippen molar-refractivity contribution in [2.75, 3.05) is 0 Å². The van der Waals surface area contributed by atoms with E-state index in [1.54, 1.807) is 0 Å². The molecule has 0 saturated carbocycles. The minimum Gasteiger partial charge on any atom is -0.456 e. The van der Waals surface area contributed by atoms with Crippen LogP contribution in [0.15, 0.2) is 174 Å². The van der Waals surface area contributed by atoms with E-state index in [2.05, 4.69) is 138 Å². The van der Waals surface area contributed by atoms with E-state index in [1.165, 1.54) is 36.3 Å². The van der Waals surface area contributed by atoms with E-state index in [0.717, 1.165) is 60.7 Å². The summed E-state index contributed by atoms with van der Waals surface area (Å²) in [5, 5.41) is 9.43. The number of furan rings is 1. The van der Waals surface area contributed by atoms with Gasteiger partial charge in [0.15, 0.2) is 17.5 Å². The summed E-state index contributed by atoms with van der Waals surface area (Å²) in [6.07, 6.45) is 0. The fourth-order valence-electron chi connectivity index (χ4n) is 8.38. The molecule has 55 heavy (non-hydrogen) atoms. The highest BCUT2D eigenvalue weighted by atomic mass is 32.1. The summed E-state index contributed by atoms with van der Waals surface area (Å²) in [6.45, 7) is 0. The molecule has 0 atom stereocenters. The monoisotopic (exact) mass is 720 g/mol. The van der Waals surface area contributed by atoms with E-state index in [9.17, 15) is 0 Å². The van der Waals surface area contributed by atoms with Crippen LogP contribution in [-0.4, -0.2) is 19.5 Å². The van der Waals surface area contributed by atoms with Crippen molar-refractivity contribution in [3.63, 3.8) is 0 Å². The lowest BCUT2D eigenvalue weighted by atomic mass is 9.96. The first-order valence-electron chi connectivity index (χ1n) is 18.4. The van der Waals surface area contributed by atoms with Crippen LogP contribution in [0.25, 0.3) is 115 Å². The molecule has 0 spiro atoms. The second kappa shape index (κ2) is 11.7. The molecule has 0 aliphatic heterocycles. The highest BCUT2D eigenvalue weighted by molar-refractivity contribution is 7.26. The van der Waals surface area contributed by atoms with Crippen LogP contribution in [0.1, 0.15) is 0 Å². The largest absolute Gasteiger partial charge is 0.456 e. The Morgan fingerprint density at radius 3 is 1.91 bits per heavy atom. The van der Waals surface area contributed by atoms with E-state index in [1.807, 2.05) is 47.7 Å². The van der Waals surface area contributed by atoms with E-state index < -0.39 is 0 Å². The van der Waals surface area contributed by atoms with Crippen molar-refractivity contribution in [1.29, 1.82) is 0 Å². The molecule has 12 aromatic rings. The smallest absolute Gasteiger partial charge is 0.164 e. The first-order valence-corrected chi connectivity index (χ1v) is 19.2. The van der Waals surface area contributed by atoms with Gasteiger partial charge >= 0.3 is 0 Å². The molecular weight excluding hydrogens is 693 g/mol. The summed E-state index contributed by atoms with van der Waals surface area (Å²) < 4.78 is 11.2. The second-order valence-corrected chi connectivity index (χ2v) is 15.0. The SMILES string of the molecule is c1ccc(-c2nc(-c3ccc4c(c3)oc3ccccc34)nc(-c3cc4c(c5ccccc5n4-c4ccccc4)c4c3ccc3c5ccccc5sc34)n2)cc1. The molecule has 0 saturated heterocycles. The maximum atomic E-state index is 6.33. The fraction of sp³-hybridized carbons (Fsp3) is 0. The van der Waals surface area contributed by atoms with Gasteiger partial charge in [0.2, 0.25) is 0 Å². The summed E-state index contributed by atoms with van der Waals surface area (Å²) >= 11 is 1.85. The zero-order valence-corrected chi connectivity index (χ0v) is 30.1. The Labute approximate surface area is 318 Å². The van der Waals surface area contributed by atoms with Gasteiger partial charge in [0.1, 0.15) is 11.2 Å². The van der Waals surface area contributed by atoms with Crippen LogP contribution in [0.3, 0.4) is 0 Å². The molecule has 8 aromatic carbocycles. The molecule has 0 amide bonds. The van der Waals surface area contributed by atoms with Crippen LogP contribution in [0.4, 0.5) is 0 Å². The molecule has 4 heterocycles. The second-order valence-electron chi connectivity index (χ2n) is 14.0. The molecule has 0 unspecified atom stereocenters. The molecule has 0 aliphatic rings. The number of thiophene rings is 1. The van der Waals surface area contributed by atoms with E-state index >= 15 is 0 Å². The van der Waals surface area contributed by atoms with Crippen molar-refractivity contribution in [3.8, 4) is 39.9 Å². The summed E-state index contributed by atoms with van der Waals surface area (Å²) in [4.78, 5) is 15.7. The fourth-order valence-corrected chi connectivity index (χ4v) is 9.64. The number of hydrogen-bond acceptors (Lipinski definition) is 5. The Hall–Kier alpha value is -7.15. The molecular formula is C49H28N4OS. The van der Waals surface area contributed by atoms with Gasteiger partial charge in [-0.2, -0.15) is 0 Å². The lowest BCUT2D eigenvalue weighted by molar-refractivity contribution is 0.669. The van der Waals surface area contributed by atoms with Crippen LogP contribution in [-0.2, 0) is 0 Å². The average molecular weight is 721 g/mol. The van der Waals surface area contributed by atoms with E-state index in [-0.39, 0.29) is 0 Å². The minimum atomic E-state index is 0.589. The Morgan fingerprint density at radius 1 is 0.418 bits per heavy atom. The molecule has 0 aliphatic carbocycles. The third-order valence-electron chi connectivity index (χ3n) is 10.8. The van der Waals surface area contributed by atoms with Gasteiger partial charge in [-0.3, -0.25) is 0 Å². The maximum absolute atomic E-state index is 6.33. The van der Waals surface area contributed by atoms with E-state index in [4.69, 9.17) is 19.4 Å². The Balaban J connectivity index is 1.22. The number of hydrogen-bond donors (Lipinski definition) is 0. The van der Waals surface area contributed by atoms with Gasteiger partial charge in [-0.05, 0) is 53.9 Å². The molecule has 0 N–H and O–H groups in total. The molecule has 0 radical (unpaired) electrons. The third kappa shape index (κ3) is 4.55. The van der Waals surface area contributed by atoms with Crippen molar-refractivity contribution in [1.82, 2.24) is 19.5 Å². The average Bonchev–Trinajstić information content (AvgIpc) is 3.93. The minimum absolute atomic E-state index is 0.589. The van der Waals surface area contributed by atoms with Gasteiger partial charge in [0, 0.05) is 69.5 Å². The highest BCUT2D eigenvalue weighted by Gasteiger charge is 2.23. The van der Waals surface area contributed by atoms with Gasteiger partial charge in [-0.25, -0.2) is 15.0 Å². The van der Waals surface area contributed by atoms with Crippen molar-refractivity contribution in [2.24, 2.45) is 0 Å². The van der Waals surface area contributed by atoms with Gasteiger partial charge in [-0.15, -0.1) is 11.3 Å². The van der Waals surface area contributed by atoms with Gasteiger partial charge in [-0.1, -0.05) is 121 Å². The molecule has 12 rings (SSSR count). The molecule has 5 nitrogen and oxygen atoms in total. The van der Waals surface area contributed by atoms with Gasteiger partial charge < -0.3 is 8.98 Å². The zero-order chi connectivity index (χ0) is 36.0. The van der Waals surface area contributed by atoms with Gasteiger partial charge in [0.25, 0.3) is 0 Å². The normalized spacial score (nSPS) is 12.0. The Bertz CT molecular complexity index is 3490. The van der Waals surface area contributed by atoms with E-state index in [0.29, 0.717) is 17.5 Å². The molecule has 0 bridgehead atoms. The third-order valence-corrected chi connectivity index (χ3v) is 12.0. The first-order chi connectivity index (χ1) is 27.3. The molecule has 0 fully saturated rings. The van der Waals surface area contributed by atoms with Crippen molar-refractivity contribution >= 4 is 86.0 Å². The molecule has 6 heteroatoms. The number of rotatable bonds is 4. The number of aromatic nitrogens is 4. The van der Waals surface area contributed by atoms with Crippen molar-refractivity contribution in [2.45, 2.75) is 0 Å². The summed E-state index contributed by atoms with van der Waals surface area (Å²) in [5.41, 5.74) is 7.75. The number of nitrogens with zero attached hydrogens (tertiary/aromatic N) is 4. The predicted molar refractivity (Wildman–Crippen MR) is 228 cm³/mol. The zero-order valence-electron chi connectivity index (χ0n) is 29.3. The number of fused-ring (bicyclic) bond motifs is 12. The van der Waals surface area contributed by atoms with Crippen LogP contribution in [0, 0.1) is 0 Å². The number of para-hydroxylation sites is 3. The van der Waals surface area contributed by atoms with Crippen molar-refractivity contribution in [3.05, 3.63) is 170 Å².